The number of esters is 1. The van der Waals surface area contributed by atoms with Crippen molar-refractivity contribution in [2.75, 3.05) is 13.7 Å². The first-order valence-corrected chi connectivity index (χ1v) is 11.6. The number of non-ortho nitro benzene ring substituents is 1. The Bertz CT molecular complexity index is 1210. The molecule has 2 aromatic carbocycles. The standard InChI is InChI=1S/C27H28N2O6/c1-4-13-35-27(31)24-16(2)28-22-14-19(17-7-11-21(34-3)12-8-17)15-23(30)26(22)25(24)18-5-9-20(10-6-18)29(32)33/h5-12,19,25,28H,4,13-15H2,1-3H3/t19-,25-/m0/s1. The summed E-state index contributed by atoms with van der Waals surface area (Å²) in [6.07, 6.45) is 1.57. The van der Waals surface area contributed by atoms with E-state index in [0.717, 1.165) is 17.0 Å². The van der Waals surface area contributed by atoms with Crippen LogP contribution in [0, 0.1) is 10.1 Å². The molecule has 0 unspecified atom stereocenters. The summed E-state index contributed by atoms with van der Waals surface area (Å²) in [6.45, 7) is 3.97. The van der Waals surface area contributed by atoms with Crippen molar-refractivity contribution >= 4 is 17.4 Å². The highest BCUT2D eigenvalue weighted by molar-refractivity contribution is 6.04. The molecule has 1 heterocycles. The van der Waals surface area contributed by atoms with Crippen molar-refractivity contribution in [1.29, 1.82) is 0 Å². The Morgan fingerprint density at radius 3 is 2.34 bits per heavy atom. The number of hydrogen-bond acceptors (Lipinski definition) is 7. The van der Waals surface area contributed by atoms with Gasteiger partial charge in [-0.2, -0.15) is 0 Å². The second kappa shape index (κ2) is 10.1. The molecule has 1 N–H and O–H groups in total. The number of methoxy groups -OCH3 is 1. The van der Waals surface area contributed by atoms with Gasteiger partial charge in [-0.15, -0.1) is 0 Å². The Balaban J connectivity index is 1.75. The van der Waals surface area contributed by atoms with Crippen molar-refractivity contribution in [2.24, 2.45) is 0 Å². The molecule has 2 atom stereocenters. The predicted molar refractivity (Wildman–Crippen MR) is 130 cm³/mol. The number of dihydropyridines is 1. The number of rotatable bonds is 7. The quantitative estimate of drug-likeness (QED) is 0.343. The van der Waals surface area contributed by atoms with Crippen molar-refractivity contribution in [2.45, 2.75) is 44.9 Å². The van der Waals surface area contributed by atoms with Gasteiger partial charge in [-0.1, -0.05) is 31.2 Å². The van der Waals surface area contributed by atoms with Gasteiger partial charge < -0.3 is 14.8 Å². The van der Waals surface area contributed by atoms with Gasteiger partial charge in [0.2, 0.25) is 0 Å². The highest BCUT2D eigenvalue weighted by atomic mass is 16.6. The van der Waals surface area contributed by atoms with Crippen LogP contribution in [0.3, 0.4) is 0 Å². The maximum atomic E-state index is 13.6. The van der Waals surface area contributed by atoms with E-state index >= 15 is 0 Å². The first-order valence-electron chi connectivity index (χ1n) is 11.6. The molecule has 1 aliphatic carbocycles. The van der Waals surface area contributed by atoms with E-state index in [1.807, 2.05) is 31.2 Å². The SMILES string of the molecule is CCCOC(=O)C1=C(C)NC2=C(C(=O)C[C@@H](c3ccc(OC)cc3)C2)[C@H]1c1ccc([N+](=O)[O-])cc1. The number of ketones is 1. The summed E-state index contributed by atoms with van der Waals surface area (Å²) >= 11 is 0. The summed E-state index contributed by atoms with van der Waals surface area (Å²) in [6, 6.07) is 13.7. The summed E-state index contributed by atoms with van der Waals surface area (Å²) in [5.41, 5.74) is 3.91. The molecule has 0 amide bonds. The van der Waals surface area contributed by atoms with Crippen LogP contribution in [0.1, 0.15) is 56.1 Å². The first kappa shape index (κ1) is 24.2. The van der Waals surface area contributed by atoms with E-state index < -0.39 is 16.8 Å². The average molecular weight is 477 g/mol. The van der Waals surface area contributed by atoms with Crippen LogP contribution in [0.5, 0.6) is 5.75 Å². The molecule has 0 saturated carbocycles. The second-order valence-electron chi connectivity index (χ2n) is 8.77. The lowest BCUT2D eigenvalue weighted by Crippen LogP contribution is -2.36. The highest BCUT2D eigenvalue weighted by Crippen LogP contribution is 2.46. The molecule has 0 spiro atoms. The Morgan fingerprint density at radius 1 is 1.09 bits per heavy atom. The van der Waals surface area contributed by atoms with Crippen LogP contribution in [0.25, 0.3) is 0 Å². The largest absolute Gasteiger partial charge is 0.497 e. The van der Waals surface area contributed by atoms with Gasteiger partial charge in [-0.05, 0) is 48.9 Å². The number of ether oxygens (including phenoxy) is 2. The molecule has 0 bridgehead atoms. The molecule has 35 heavy (non-hydrogen) atoms. The van der Waals surface area contributed by atoms with E-state index in [0.29, 0.717) is 41.7 Å². The molecule has 0 fully saturated rings. The van der Waals surface area contributed by atoms with Gasteiger partial charge in [0, 0.05) is 41.4 Å². The lowest BCUT2D eigenvalue weighted by molar-refractivity contribution is -0.384. The lowest BCUT2D eigenvalue weighted by Gasteiger charge is -2.36. The summed E-state index contributed by atoms with van der Waals surface area (Å²) in [5.74, 6) is -0.467. The fourth-order valence-corrected chi connectivity index (χ4v) is 4.82. The summed E-state index contributed by atoms with van der Waals surface area (Å²) in [4.78, 5) is 37.3. The van der Waals surface area contributed by atoms with Gasteiger partial charge in [0.25, 0.3) is 5.69 Å². The van der Waals surface area contributed by atoms with Crippen molar-refractivity contribution in [3.05, 3.63) is 92.3 Å². The Morgan fingerprint density at radius 2 is 1.74 bits per heavy atom. The monoisotopic (exact) mass is 476 g/mol. The number of nitrogens with zero attached hydrogens (tertiary/aromatic N) is 1. The fraction of sp³-hybridized carbons (Fsp3) is 0.333. The van der Waals surface area contributed by atoms with E-state index in [4.69, 9.17) is 9.47 Å². The number of nitro benzene ring substituents is 1. The third-order valence-electron chi connectivity index (χ3n) is 6.51. The molecule has 4 rings (SSSR count). The van der Waals surface area contributed by atoms with Crippen LogP contribution in [-0.2, 0) is 14.3 Å². The number of carbonyl (C=O) groups is 2. The van der Waals surface area contributed by atoms with Crippen molar-refractivity contribution < 1.29 is 24.0 Å². The minimum Gasteiger partial charge on any atom is -0.497 e. The number of nitrogens with one attached hydrogen (secondary N) is 1. The molecule has 182 valence electrons. The molecule has 0 saturated heterocycles. The Hall–Kier alpha value is -3.94. The molecule has 1 aliphatic heterocycles. The number of hydrogen-bond donors (Lipinski definition) is 1. The van der Waals surface area contributed by atoms with Gasteiger partial charge in [0.1, 0.15) is 5.75 Å². The minimum atomic E-state index is -0.652. The fourth-order valence-electron chi connectivity index (χ4n) is 4.82. The number of carbonyl (C=O) groups excluding carboxylic acids is 2. The number of Topliss-reactive ketones (excluding diaryl/α,β-unsaturated/α-hetero) is 1. The maximum absolute atomic E-state index is 13.6. The number of allylic oxidation sites excluding steroid dienone is 3. The van der Waals surface area contributed by atoms with Gasteiger partial charge in [0.15, 0.2) is 5.78 Å². The van der Waals surface area contributed by atoms with Crippen LogP contribution < -0.4 is 10.1 Å². The van der Waals surface area contributed by atoms with Crippen LogP contribution in [-0.4, -0.2) is 30.4 Å². The number of nitro groups is 1. The maximum Gasteiger partial charge on any atom is 0.336 e. The number of benzene rings is 2. The second-order valence-corrected chi connectivity index (χ2v) is 8.77. The van der Waals surface area contributed by atoms with Crippen molar-refractivity contribution in [1.82, 2.24) is 5.32 Å². The van der Waals surface area contributed by atoms with Gasteiger partial charge in [0.05, 0.1) is 24.2 Å². The van der Waals surface area contributed by atoms with Gasteiger partial charge in [-0.3, -0.25) is 14.9 Å². The molecular weight excluding hydrogens is 448 g/mol. The Labute approximate surface area is 203 Å². The molecule has 2 aromatic rings. The third-order valence-corrected chi connectivity index (χ3v) is 6.51. The smallest absolute Gasteiger partial charge is 0.336 e. The van der Waals surface area contributed by atoms with E-state index in [1.165, 1.54) is 12.1 Å². The third kappa shape index (κ3) is 4.82. The summed E-state index contributed by atoms with van der Waals surface area (Å²) in [5, 5.41) is 14.5. The van der Waals surface area contributed by atoms with E-state index in [1.54, 1.807) is 26.2 Å². The zero-order valence-corrected chi connectivity index (χ0v) is 20.0. The van der Waals surface area contributed by atoms with Crippen molar-refractivity contribution in [3.8, 4) is 5.75 Å². The van der Waals surface area contributed by atoms with Crippen LogP contribution >= 0.6 is 0 Å². The highest BCUT2D eigenvalue weighted by Gasteiger charge is 2.41. The van der Waals surface area contributed by atoms with Gasteiger partial charge in [-0.25, -0.2) is 4.79 Å². The zero-order valence-electron chi connectivity index (χ0n) is 20.0. The van der Waals surface area contributed by atoms with Gasteiger partial charge >= 0.3 is 5.97 Å². The normalized spacial score (nSPS) is 19.7. The van der Waals surface area contributed by atoms with E-state index in [-0.39, 0.29) is 24.0 Å². The van der Waals surface area contributed by atoms with E-state index in [9.17, 15) is 19.7 Å². The first-order chi connectivity index (χ1) is 16.8. The molecule has 0 radical (unpaired) electrons. The van der Waals surface area contributed by atoms with Crippen LogP contribution in [0.2, 0.25) is 0 Å². The lowest BCUT2D eigenvalue weighted by atomic mass is 9.71. The molecule has 8 nitrogen and oxygen atoms in total. The van der Waals surface area contributed by atoms with Crippen LogP contribution in [0.15, 0.2) is 71.1 Å². The van der Waals surface area contributed by atoms with Crippen LogP contribution in [0.4, 0.5) is 5.69 Å². The predicted octanol–water partition coefficient (Wildman–Crippen LogP) is 4.92. The summed E-state index contributed by atoms with van der Waals surface area (Å²) in [7, 11) is 1.61. The molecule has 2 aliphatic rings. The van der Waals surface area contributed by atoms with Crippen molar-refractivity contribution in [3.63, 3.8) is 0 Å². The minimum absolute atomic E-state index is 0.0152. The molecular formula is C27H28N2O6. The summed E-state index contributed by atoms with van der Waals surface area (Å²) < 4.78 is 10.7. The Kier molecular flexibility index (Phi) is 7.00. The van der Waals surface area contributed by atoms with E-state index in [2.05, 4.69) is 5.32 Å². The molecule has 8 heteroatoms. The molecule has 0 aromatic heterocycles. The topological polar surface area (TPSA) is 108 Å². The zero-order chi connectivity index (χ0) is 25.1. The average Bonchev–Trinajstić information content (AvgIpc) is 2.86.